The van der Waals surface area contributed by atoms with E-state index in [1.54, 1.807) is 0 Å². The first-order chi connectivity index (χ1) is 12.5. The molecular formula is C17H22F3N3O3S. The second-order valence-electron chi connectivity index (χ2n) is 8.08. The number of likely N-dealkylation sites (tertiary alicyclic amines) is 1. The Labute approximate surface area is 156 Å². The van der Waals surface area contributed by atoms with Crippen LogP contribution in [0.3, 0.4) is 0 Å². The molecule has 3 fully saturated rings. The second kappa shape index (κ2) is 6.13. The average molecular weight is 405 g/mol. The van der Waals surface area contributed by atoms with Crippen LogP contribution in [0.2, 0.25) is 0 Å². The monoisotopic (exact) mass is 405 g/mol. The minimum Gasteiger partial charge on any atom is -0.381 e. The third kappa shape index (κ3) is 3.26. The topological polar surface area (TPSA) is 62.7 Å². The van der Waals surface area contributed by atoms with Crippen molar-refractivity contribution in [3.63, 3.8) is 0 Å². The van der Waals surface area contributed by atoms with Gasteiger partial charge in [-0.15, -0.1) is 0 Å². The number of nitrogens with zero attached hydrogens (tertiary/aromatic N) is 3. The fourth-order valence-electron chi connectivity index (χ4n) is 4.34. The van der Waals surface area contributed by atoms with Crippen molar-refractivity contribution in [2.75, 3.05) is 45.9 Å². The van der Waals surface area contributed by atoms with Gasteiger partial charge in [-0.1, -0.05) is 0 Å². The Hall–Kier alpha value is -1.23. The molecule has 0 aromatic carbocycles. The van der Waals surface area contributed by atoms with Gasteiger partial charge in [0.2, 0.25) is 10.0 Å². The highest BCUT2D eigenvalue weighted by molar-refractivity contribution is 7.89. The highest BCUT2D eigenvalue weighted by Gasteiger charge is 2.55. The van der Waals surface area contributed by atoms with Gasteiger partial charge in [-0.2, -0.15) is 17.5 Å². The average Bonchev–Trinajstić information content (AvgIpc) is 2.39. The molecule has 4 rings (SSSR count). The lowest BCUT2D eigenvalue weighted by atomic mass is 9.74. The second-order valence-corrected chi connectivity index (χ2v) is 9.96. The number of pyridine rings is 1. The van der Waals surface area contributed by atoms with Crippen LogP contribution in [0.1, 0.15) is 17.0 Å². The predicted octanol–water partition coefficient (Wildman–Crippen LogP) is 1.67. The largest absolute Gasteiger partial charge is 0.433 e. The molecule has 0 N–H and O–H groups in total. The summed E-state index contributed by atoms with van der Waals surface area (Å²) in [6.07, 6.45) is -4.60. The van der Waals surface area contributed by atoms with E-state index in [1.165, 1.54) is 18.2 Å². The first kappa shape index (κ1) is 19.1. The fraction of sp³-hybridized carbons (Fsp3) is 0.706. The standard InChI is InChI=1S/C17H22F3N3O3S/c1-11-3-14(17(18,19)20)21-12(2)15(11)27(24,25)23-9-16(10-23)7-22(8-16)4-13-5-26-6-13/h3,13H,4-10H2,1-2H3. The molecule has 3 aliphatic rings. The van der Waals surface area contributed by atoms with Crippen LogP contribution in [0.4, 0.5) is 13.2 Å². The summed E-state index contributed by atoms with van der Waals surface area (Å²) in [7, 11) is -3.84. The van der Waals surface area contributed by atoms with Crippen LogP contribution in [0.25, 0.3) is 0 Å². The van der Waals surface area contributed by atoms with Crippen LogP contribution in [0.5, 0.6) is 0 Å². The molecule has 0 aliphatic carbocycles. The van der Waals surface area contributed by atoms with Crippen molar-refractivity contribution >= 4 is 10.0 Å². The van der Waals surface area contributed by atoms with Crippen LogP contribution in [-0.2, 0) is 20.9 Å². The fourth-order valence-corrected chi connectivity index (χ4v) is 6.37. The summed E-state index contributed by atoms with van der Waals surface area (Å²) in [5, 5.41) is 0. The molecule has 0 saturated carbocycles. The van der Waals surface area contributed by atoms with Gasteiger partial charge in [-0.3, -0.25) is 0 Å². The minimum absolute atomic E-state index is 0.0151. The Bertz CT molecular complexity index is 831. The van der Waals surface area contributed by atoms with Crippen LogP contribution in [0.15, 0.2) is 11.0 Å². The van der Waals surface area contributed by atoms with Gasteiger partial charge in [0.1, 0.15) is 10.6 Å². The van der Waals surface area contributed by atoms with Gasteiger partial charge in [0.15, 0.2) is 0 Å². The van der Waals surface area contributed by atoms with E-state index in [1.807, 2.05) is 0 Å². The van der Waals surface area contributed by atoms with Crippen LogP contribution in [0, 0.1) is 25.2 Å². The third-order valence-electron chi connectivity index (χ3n) is 5.58. The Morgan fingerprint density at radius 1 is 1.22 bits per heavy atom. The zero-order valence-corrected chi connectivity index (χ0v) is 16.0. The Balaban J connectivity index is 1.44. The summed E-state index contributed by atoms with van der Waals surface area (Å²) in [6, 6.07) is 0.807. The molecule has 1 aromatic rings. The maximum absolute atomic E-state index is 12.9. The third-order valence-corrected chi connectivity index (χ3v) is 7.65. The zero-order chi connectivity index (χ0) is 19.6. The van der Waals surface area contributed by atoms with Gasteiger partial charge in [0, 0.05) is 44.1 Å². The molecule has 4 heterocycles. The Morgan fingerprint density at radius 3 is 2.33 bits per heavy atom. The highest BCUT2D eigenvalue weighted by atomic mass is 32.2. The highest BCUT2D eigenvalue weighted by Crippen LogP contribution is 2.43. The molecule has 27 heavy (non-hydrogen) atoms. The summed E-state index contributed by atoms with van der Waals surface area (Å²) in [5.74, 6) is 0.575. The van der Waals surface area contributed by atoms with Crippen LogP contribution < -0.4 is 0 Å². The van der Waals surface area contributed by atoms with Crippen molar-refractivity contribution in [1.29, 1.82) is 0 Å². The minimum atomic E-state index is -4.60. The van der Waals surface area contributed by atoms with Crippen LogP contribution >= 0.6 is 0 Å². The van der Waals surface area contributed by atoms with E-state index in [-0.39, 0.29) is 21.6 Å². The van der Waals surface area contributed by atoms with Crippen molar-refractivity contribution in [2.45, 2.75) is 24.9 Å². The van der Waals surface area contributed by atoms with Gasteiger partial charge < -0.3 is 9.64 Å². The molecular weight excluding hydrogens is 383 g/mol. The first-order valence-corrected chi connectivity index (χ1v) is 10.3. The van der Waals surface area contributed by atoms with Crippen LogP contribution in [-0.4, -0.2) is 68.5 Å². The number of aromatic nitrogens is 1. The van der Waals surface area contributed by atoms with Crippen molar-refractivity contribution < 1.29 is 26.3 Å². The summed E-state index contributed by atoms with van der Waals surface area (Å²) < 4.78 is 71.1. The molecule has 3 aliphatic heterocycles. The zero-order valence-electron chi connectivity index (χ0n) is 15.2. The molecule has 0 unspecified atom stereocenters. The van der Waals surface area contributed by atoms with E-state index in [4.69, 9.17) is 4.74 Å². The predicted molar refractivity (Wildman–Crippen MR) is 90.7 cm³/mol. The van der Waals surface area contributed by atoms with Crippen molar-refractivity contribution in [3.8, 4) is 0 Å². The molecule has 1 aromatic heterocycles. The van der Waals surface area contributed by atoms with Crippen molar-refractivity contribution in [1.82, 2.24) is 14.2 Å². The smallest absolute Gasteiger partial charge is 0.381 e. The number of rotatable bonds is 4. The molecule has 1 spiro atoms. The number of alkyl halides is 3. The summed E-state index contributed by atoms with van der Waals surface area (Å²) in [4.78, 5) is 5.70. The van der Waals surface area contributed by atoms with E-state index in [9.17, 15) is 21.6 Å². The van der Waals surface area contributed by atoms with Gasteiger partial charge in [0.25, 0.3) is 0 Å². The first-order valence-electron chi connectivity index (χ1n) is 8.86. The lowest BCUT2D eigenvalue weighted by Gasteiger charge is -2.60. The number of halogens is 3. The summed E-state index contributed by atoms with van der Waals surface area (Å²) in [6.45, 7) is 7.81. The molecule has 0 radical (unpaired) electrons. The van der Waals surface area contributed by atoms with E-state index in [0.29, 0.717) is 19.0 Å². The van der Waals surface area contributed by atoms with Crippen molar-refractivity contribution in [2.24, 2.45) is 11.3 Å². The SMILES string of the molecule is Cc1cc(C(F)(F)F)nc(C)c1S(=O)(=O)N1CC2(CN(CC3COC3)C2)C1. The number of aryl methyl sites for hydroxylation is 2. The molecule has 0 amide bonds. The van der Waals surface area contributed by atoms with Gasteiger partial charge in [-0.05, 0) is 25.5 Å². The molecule has 3 saturated heterocycles. The Morgan fingerprint density at radius 2 is 1.85 bits per heavy atom. The Kier molecular flexibility index (Phi) is 4.34. The maximum atomic E-state index is 12.9. The van der Waals surface area contributed by atoms with E-state index < -0.39 is 21.9 Å². The van der Waals surface area contributed by atoms with E-state index in [0.717, 1.165) is 38.9 Å². The molecule has 6 nitrogen and oxygen atoms in total. The summed E-state index contributed by atoms with van der Waals surface area (Å²) in [5.41, 5.74) is -1.11. The van der Waals surface area contributed by atoms with Gasteiger partial charge in [-0.25, -0.2) is 13.4 Å². The number of ether oxygens (including phenoxy) is 1. The summed E-state index contributed by atoms with van der Waals surface area (Å²) >= 11 is 0. The lowest BCUT2D eigenvalue weighted by molar-refractivity contribution is -0.141. The van der Waals surface area contributed by atoms with E-state index >= 15 is 0 Å². The quantitative estimate of drug-likeness (QED) is 0.763. The maximum Gasteiger partial charge on any atom is 0.433 e. The molecule has 10 heteroatoms. The normalized spacial score (nSPS) is 23.7. The number of hydrogen-bond acceptors (Lipinski definition) is 5. The van der Waals surface area contributed by atoms with Gasteiger partial charge in [0.05, 0.1) is 18.9 Å². The molecule has 150 valence electrons. The number of hydrogen-bond donors (Lipinski definition) is 0. The lowest BCUT2D eigenvalue weighted by Crippen LogP contribution is -2.73. The molecule has 0 atom stereocenters. The van der Waals surface area contributed by atoms with Gasteiger partial charge >= 0.3 is 6.18 Å². The van der Waals surface area contributed by atoms with E-state index in [2.05, 4.69) is 9.88 Å². The number of sulfonamides is 1. The molecule has 0 bridgehead atoms. The van der Waals surface area contributed by atoms with Crippen molar-refractivity contribution in [3.05, 3.63) is 23.0 Å².